The number of ether oxygens (including phenoxy) is 2. The molecule has 1 spiro atoms. The van der Waals surface area contributed by atoms with E-state index in [9.17, 15) is 4.79 Å². The van der Waals surface area contributed by atoms with Crippen molar-refractivity contribution >= 4 is 17.9 Å². The number of rotatable bonds is 4. The summed E-state index contributed by atoms with van der Waals surface area (Å²) in [6, 6.07) is 8.28. The molecule has 7 nitrogen and oxygen atoms in total. The van der Waals surface area contributed by atoms with Crippen LogP contribution >= 0.6 is 11.8 Å². The van der Waals surface area contributed by atoms with Gasteiger partial charge in [0, 0.05) is 49.6 Å². The molecule has 0 aliphatic carbocycles. The van der Waals surface area contributed by atoms with Crippen molar-refractivity contribution in [2.24, 2.45) is 0 Å². The molecule has 4 rings (SSSR count). The second-order valence-corrected chi connectivity index (χ2v) is 10.6. The number of nitrogens with zero attached hydrogens (tertiary/aromatic N) is 4. The zero-order valence-corrected chi connectivity index (χ0v) is 20.3. The number of nitriles is 1. The number of aryl methyl sites for hydroxylation is 1. The van der Waals surface area contributed by atoms with E-state index in [0.29, 0.717) is 24.7 Å². The molecule has 0 atom stereocenters. The van der Waals surface area contributed by atoms with Crippen LogP contribution in [0.5, 0.6) is 5.75 Å². The minimum atomic E-state index is -0.482. The number of likely N-dealkylation sites (tertiary alicyclic amines) is 1. The third-order valence-corrected chi connectivity index (χ3v) is 6.83. The Morgan fingerprint density at radius 1 is 1.24 bits per heavy atom. The lowest BCUT2D eigenvalue weighted by molar-refractivity contribution is -0.0272. The van der Waals surface area contributed by atoms with Gasteiger partial charge in [0.25, 0.3) is 0 Å². The molecule has 1 saturated heterocycles. The Kier molecular flexibility index (Phi) is 6.80. The van der Waals surface area contributed by atoms with Crippen LogP contribution < -0.4 is 4.74 Å². The van der Waals surface area contributed by atoms with Crippen molar-refractivity contribution in [1.29, 1.82) is 5.26 Å². The molecular formula is C25H30N4O3S. The number of thioether (sulfide) groups is 1. The van der Waals surface area contributed by atoms with E-state index in [1.165, 1.54) is 5.56 Å². The summed E-state index contributed by atoms with van der Waals surface area (Å²) in [6.07, 6.45) is 6.89. The first-order chi connectivity index (χ1) is 15.8. The number of piperidine rings is 1. The lowest BCUT2D eigenvalue weighted by Gasteiger charge is -2.44. The second kappa shape index (κ2) is 9.60. The lowest BCUT2D eigenvalue weighted by atomic mass is 9.83. The van der Waals surface area contributed by atoms with Crippen LogP contribution in [0.4, 0.5) is 4.79 Å². The average molecular weight is 467 g/mol. The van der Waals surface area contributed by atoms with Crippen LogP contribution in [0.3, 0.4) is 0 Å². The molecule has 1 amide bonds. The van der Waals surface area contributed by atoms with Crippen LogP contribution in [0.1, 0.15) is 51.2 Å². The van der Waals surface area contributed by atoms with Crippen molar-refractivity contribution < 1.29 is 14.3 Å². The molecule has 1 aromatic heterocycles. The molecular weight excluding hydrogens is 436 g/mol. The fraction of sp³-hybridized carbons (Fsp3) is 0.520. The number of fused-ring (bicyclic) bond motifs is 1. The van der Waals surface area contributed by atoms with Gasteiger partial charge in [0.1, 0.15) is 17.0 Å². The van der Waals surface area contributed by atoms with Gasteiger partial charge in [0.2, 0.25) is 0 Å². The molecule has 2 aromatic rings. The maximum absolute atomic E-state index is 12.4. The molecule has 0 radical (unpaired) electrons. The third-order valence-electron chi connectivity index (χ3n) is 5.96. The first-order valence-electron chi connectivity index (χ1n) is 11.3. The number of carbonyl (C=O) groups excluding carboxylic acids is 1. The topological polar surface area (TPSA) is 88.3 Å². The van der Waals surface area contributed by atoms with E-state index in [1.54, 1.807) is 16.7 Å². The number of amides is 1. The predicted octanol–water partition coefficient (Wildman–Crippen LogP) is 5.00. The van der Waals surface area contributed by atoms with Crippen LogP contribution in [0.2, 0.25) is 0 Å². The van der Waals surface area contributed by atoms with E-state index in [4.69, 9.17) is 14.7 Å². The summed E-state index contributed by atoms with van der Waals surface area (Å²) >= 11 is 1.55. The standard InChI is InChI=1S/C25H30N4O3S/c1-24(2,3)32-23(30)29-11-8-25(9-12-29)7-6-19-14-20(4-5-21(19)31-25)22-27-15-18(16-28-22)17-33-13-10-26/h4-5,14-16H,6-9,11-13,17H2,1-3H3. The van der Waals surface area contributed by atoms with Crippen LogP contribution in [-0.2, 0) is 16.9 Å². The summed E-state index contributed by atoms with van der Waals surface area (Å²) in [6.45, 7) is 6.97. The van der Waals surface area contributed by atoms with Crippen molar-refractivity contribution in [2.75, 3.05) is 18.8 Å². The highest BCUT2D eigenvalue weighted by Crippen LogP contribution is 2.40. The Bertz CT molecular complexity index is 1040. The fourth-order valence-electron chi connectivity index (χ4n) is 4.23. The van der Waals surface area contributed by atoms with E-state index in [2.05, 4.69) is 22.1 Å². The third kappa shape index (κ3) is 5.77. The van der Waals surface area contributed by atoms with Gasteiger partial charge < -0.3 is 14.4 Å². The summed E-state index contributed by atoms with van der Waals surface area (Å²) in [5, 5.41) is 8.65. The molecule has 0 unspecified atom stereocenters. The van der Waals surface area contributed by atoms with Crippen LogP contribution in [0.15, 0.2) is 30.6 Å². The molecule has 0 bridgehead atoms. The van der Waals surface area contributed by atoms with Crippen LogP contribution in [-0.4, -0.2) is 51.0 Å². The summed E-state index contributed by atoms with van der Waals surface area (Å²) in [7, 11) is 0. The fourth-order valence-corrected chi connectivity index (χ4v) is 4.81. The van der Waals surface area contributed by atoms with E-state index >= 15 is 0 Å². The van der Waals surface area contributed by atoms with Gasteiger partial charge in [-0.2, -0.15) is 5.26 Å². The van der Waals surface area contributed by atoms with E-state index in [0.717, 1.165) is 48.3 Å². The Balaban J connectivity index is 1.38. The zero-order valence-electron chi connectivity index (χ0n) is 19.5. The van der Waals surface area contributed by atoms with Gasteiger partial charge in [-0.25, -0.2) is 14.8 Å². The highest BCUT2D eigenvalue weighted by molar-refractivity contribution is 7.98. The van der Waals surface area contributed by atoms with Gasteiger partial charge in [0.15, 0.2) is 5.82 Å². The molecule has 33 heavy (non-hydrogen) atoms. The predicted molar refractivity (Wildman–Crippen MR) is 128 cm³/mol. The van der Waals surface area contributed by atoms with Gasteiger partial charge in [0.05, 0.1) is 11.8 Å². The molecule has 1 aromatic carbocycles. The molecule has 1 fully saturated rings. The van der Waals surface area contributed by atoms with Gasteiger partial charge in [-0.05, 0) is 62.9 Å². The monoisotopic (exact) mass is 466 g/mol. The Morgan fingerprint density at radius 2 is 1.97 bits per heavy atom. The minimum absolute atomic E-state index is 0.216. The number of aromatic nitrogens is 2. The number of hydrogen-bond acceptors (Lipinski definition) is 7. The van der Waals surface area contributed by atoms with Crippen LogP contribution in [0.25, 0.3) is 11.4 Å². The van der Waals surface area contributed by atoms with Gasteiger partial charge in [-0.1, -0.05) is 0 Å². The summed E-state index contributed by atoms with van der Waals surface area (Å²) in [5.41, 5.74) is 2.46. The summed E-state index contributed by atoms with van der Waals surface area (Å²) in [5.74, 6) is 2.81. The molecule has 174 valence electrons. The van der Waals surface area contributed by atoms with Crippen molar-refractivity contribution in [3.8, 4) is 23.2 Å². The van der Waals surface area contributed by atoms with Gasteiger partial charge in [-0.15, -0.1) is 11.8 Å². The van der Waals surface area contributed by atoms with Crippen LogP contribution in [0, 0.1) is 11.3 Å². The molecule has 3 heterocycles. The zero-order chi connectivity index (χ0) is 23.5. The van der Waals surface area contributed by atoms with E-state index in [1.807, 2.05) is 45.3 Å². The van der Waals surface area contributed by atoms with E-state index < -0.39 is 5.60 Å². The molecule has 0 saturated carbocycles. The highest BCUT2D eigenvalue weighted by atomic mass is 32.2. The van der Waals surface area contributed by atoms with Crippen molar-refractivity contribution in [3.05, 3.63) is 41.7 Å². The van der Waals surface area contributed by atoms with Gasteiger partial charge in [-0.3, -0.25) is 0 Å². The maximum Gasteiger partial charge on any atom is 0.410 e. The molecule has 8 heteroatoms. The van der Waals surface area contributed by atoms with Crippen molar-refractivity contribution in [2.45, 2.75) is 63.4 Å². The number of hydrogen-bond donors (Lipinski definition) is 0. The average Bonchev–Trinajstić information content (AvgIpc) is 2.79. The van der Waals surface area contributed by atoms with E-state index in [-0.39, 0.29) is 11.7 Å². The number of carbonyl (C=O) groups is 1. The summed E-state index contributed by atoms with van der Waals surface area (Å²) < 4.78 is 12.0. The Morgan fingerprint density at radius 3 is 2.64 bits per heavy atom. The smallest absolute Gasteiger partial charge is 0.410 e. The molecule has 0 N–H and O–H groups in total. The van der Waals surface area contributed by atoms with Crippen molar-refractivity contribution in [3.63, 3.8) is 0 Å². The van der Waals surface area contributed by atoms with Gasteiger partial charge >= 0.3 is 6.09 Å². The molecule has 2 aliphatic heterocycles. The lowest BCUT2D eigenvalue weighted by Crippen LogP contribution is -2.52. The number of benzene rings is 1. The Hall–Kier alpha value is -2.79. The van der Waals surface area contributed by atoms with Crippen molar-refractivity contribution in [1.82, 2.24) is 14.9 Å². The first-order valence-corrected chi connectivity index (χ1v) is 12.5. The SMILES string of the molecule is CC(C)(C)OC(=O)N1CCC2(CCc3cc(-c4ncc(CSCC#N)cn4)ccc3O2)CC1. The highest BCUT2D eigenvalue weighted by Gasteiger charge is 2.41. The summed E-state index contributed by atoms with van der Waals surface area (Å²) in [4.78, 5) is 23.2. The minimum Gasteiger partial charge on any atom is -0.487 e. The normalized spacial score (nSPS) is 17.1. The largest absolute Gasteiger partial charge is 0.487 e. The molecule has 2 aliphatic rings. The second-order valence-electron chi connectivity index (χ2n) is 9.64. The maximum atomic E-state index is 12.4. The quantitative estimate of drug-likeness (QED) is 0.586. The Labute approximate surface area is 199 Å². The first kappa shape index (κ1) is 23.4.